The maximum Gasteiger partial charge on any atom is 0.347 e. The highest BCUT2D eigenvalue weighted by molar-refractivity contribution is 6.35. The molecule has 1 atom stereocenters. The van der Waals surface area contributed by atoms with Crippen molar-refractivity contribution in [1.82, 2.24) is 0 Å². The number of esters is 1. The monoisotopic (exact) mass is 381 g/mol. The molecule has 0 aliphatic heterocycles. The molecule has 0 radical (unpaired) electrons. The van der Waals surface area contributed by atoms with Crippen LogP contribution in [0.3, 0.4) is 0 Å². The van der Waals surface area contributed by atoms with E-state index in [0.29, 0.717) is 16.5 Å². The number of nitrogens with zero attached hydrogens (tertiary/aromatic N) is 1. The van der Waals surface area contributed by atoms with Gasteiger partial charge in [-0.25, -0.2) is 4.79 Å². The van der Waals surface area contributed by atoms with E-state index in [1.54, 1.807) is 31.3 Å². The SMILES string of the molecule is C[C@@H](Oc1ccc(Cl)cc1Cl)C(=O)OCC(=O)N(C)c1ccccc1. The summed E-state index contributed by atoms with van der Waals surface area (Å²) in [6.07, 6.45) is -0.923. The third kappa shape index (κ3) is 5.37. The minimum absolute atomic E-state index is 0.284. The van der Waals surface area contributed by atoms with Crippen molar-refractivity contribution in [2.24, 2.45) is 0 Å². The lowest BCUT2D eigenvalue weighted by molar-refractivity contribution is -0.154. The Hall–Kier alpha value is -2.24. The van der Waals surface area contributed by atoms with E-state index in [2.05, 4.69) is 0 Å². The van der Waals surface area contributed by atoms with Gasteiger partial charge in [0.2, 0.25) is 0 Å². The Morgan fingerprint density at radius 1 is 1.12 bits per heavy atom. The summed E-state index contributed by atoms with van der Waals surface area (Å²) < 4.78 is 10.5. The van der Waals surface area contributed by atoms with Crippen LogP contribution in [0.15, 0.2) is 48.5 Å². The number of amides is 1. The van der Waals surface area contributed by atoms with Gasteiger partial charge >= 0.3 is 5.97 Å². The minimum Gasteiger partial charge on any atom is -0.477 e. The fraction of sp³-hybridized carbons (Fsp3) is 0.222. The molecule has 5 nitrogen and oxygen atoms in total. The molecule has 1 amide bonds. The number of benzene rings is 2. The largest absolute Gasteiger partial charge is 0.477 e. The van der Waals surface area contributed by atoms with Crippen LogP contribution in [0.2, 0.25) is 10.0 Å². The molecule has 0 heterocycles. The number of carbonyl (C=O) groups is 2. The molecule has 7 heteroatoms. The molecular weight excluding hydrogens is 365 g/mol. The Morgan fingerprint density at radius 2 is 1.80 bits per heavy atom. The number of hydrogen-bond donors (Lipinski definition) is 0. The summed E-state index contributed by atoms with van der Waals surface area (Å²) >= 11 is 11.8. The molecule has 25 heavy (non-hydrogen) atoms. The van der Waals surface area contributed by atoms with Gasteiger partial charge in [-0.15, -0.1) is 0 Å². The standard InChI is InChI=1S/C18H17Cl2NO4/c1-12(25-16-9-8-13(19)10-15(16)20)18(23)24-11-17(22)21(2)14-6-4-3-5-7-14/h3-10,12H,11H2,1-2H3/t12-/m1/s1. The lowest BCUT2D eigenvalue weighted by atomic mass is 10.3. The van der Waals surface area contributed by atoms with Gasteiger partial charge in [0.1, 0.15) is 5.75 Å². The molecule has 0 bridgehead atoms. The van der Waals surface area contributed by atoms with E-state index >= 15 is 0 Å². The van der Waals surface area contributed by atoms with Crippen LogP contribution in [0.5, 0.6) is 5.75 Å². The Bertz CT molecular complexity index is 752. The van der Waals surface area contributed by atoms with Crippen molar-refractivity contribution in [2.75, 3.05) is 18.6 Å². The fourth-order valence-electron chi connectivity index (χ4n) is 1.95. The fourth-order valence-corrected chi connectivity index (χ4v) is 2.41. The quantitative estimate of drug-likeness (QED) is 0.710. The Labute approximate surface area is 156 Å². The second kappa shape index (κ2) is 8.74. The van der Waals surface area contributed by atoms with Crippen molar-refractivity contribution in [2.45, 2.75) is 13.0 Å². The van der Waals surface area contributed by atoms with Crippen molar-refractivity contribution in [1.29, 1.82) is 0 Å². The molecule has 0 unspecified atom stereocenters. The van der Waals surface area contributed by atoms with Gasteiger partial charge in [-0.2, -0.15) is 0 Å². The van der Waals surface area contributed by atoms with Crippen molar-refractivity contribution < 1.29 is 19.1 Å². The predicted octanol–water partition coefficient (Wildman–Crippen LogP) is 3.97. The normalized spacial score (nSPS) is 11.5. The van der Waals surface area contributed by atoms with E-state index in [-0.39, 0.29) is 17.5 Å². The molecule has 0 spiro atoms. The smallest absolute Gasteiger partial charge is 0.347 e. The minimum atomic E-state index is -0.923. The van der Waals surface area contributed by atoms with Gasteiger partial charge in [0.25, 0.3) is 5.91 Å². The first-order valence-corrected chi connectivity index (χ1v) is 8.24. The van der Waals surface area contributed by atoms with Crippen LogP contribution < -0.4 is 9.64 Å². The average Bonchev–Trinajstić information content (AvgIpc) is 2.61. The second-order valence-corrected chi connectivity index (χ2v) is 6.07. The first kappa shape index (κ1) is 19.1. The van der Waals surface area contributed by atoms with Crippen LogP contribution in [0.4, 0.5) is 5.69 Å². The molecule has 0 saturated carbocycles. The highest BCUT2D eigenvalue weighted by atomic mass is 35.5. The second-order valence-electron chi connectivity index (χ2n) is 5.23. The molecule has 0 aliphatic carbocycles. The van der Waals surface area contributed by atoms with E-state index in [4.69, 9.17) is 32.7 Å². The van der Waals surface area contributed by atoms with Gasteiger partial charge in [-0.1, -0.05) is 41.4 Å². The van der Waals surface area contributed by atoms with Crippen molar-refractivity contribution in [3.63, 3.8) is 0 Å². The molecule has 0 fully saturated rings. The average molecular weight is 382 g/mol. The number of carbonyl (C=O) groups excluding carboxylic acids is 2. The lowest BCUT2D eigenvalue weighted by Gasteiger charge is -2.18. The Balaban J connectivity index is 1.87. The summed E-state index contributed by atoms with van der Waals surface area (Å²) in [5.74, 6) is -0.708. The lowest BCUT2D eigenvalue weighted by Crippen LogP contribution is -2.34. The van der Waals surface area contributed by atoms with Crippen LogP contribution in [0.25, 0.3) is 0 Å². The highest BCUT2D eigenvalue weighted by Gasteiger charge is 2.20. The summed E-state index contributed by atoms with van der Waals surface area (Å²) in [6, 6.07) is 13.7. The maximum atomic E-state index is 12.1. The van der Waals surface area contributed by atoms with Gasteiger partial charge in [0, 0.05) is 17.8 Å². The van der Waals surface area contributed by atoms with Crippen molar-refractivity contribution >= 4 is 40.8 Å². The van der Waals surface area contributed by atoms with Gasteiger partial charge in [-0.05, 0) is 37.3 Å². The third-order valence-electron chi connectivity index (χ3n) is 3.39. The Morgan fingerprint density at radius 3 is 2.44 bits per heavy atom. The van der Waals surface area contributed by atoms with Gasteiger partial charge < -0.3 is 14.4 Å². The van der Waals surface area contributed by atoms with Gasteiger partial charge in [-0.3, -0.25) is 4.79 Å². The summed E-state index contributed by atoms with van der Waals surface area (Å²) in [5, 5.41) is 0.745. The Kier molecular flexibility index (Phi) is 6.67. The third-order valence-corrected chi connectivity index (χ3v) is 3.92. The summed E-state index contributed by atoms with van der Waals surface area (Å²) in [7, 11) is 1.61. The molecular formula is C18H17Cl2NO4. The van der Waals surface area contributed by atoms with Crippen molar-refractivity contribution in [3.8, 4) is 5.75 Å². The maximum absolute atomic E-state index is 12.1. The van der Waals surface area contributed by atoms with Crippen LogP contribution >= 0.6 is 23.2 Å². The summed E-state index contributed by atoms with van der Waals surface area (Å²) in [6.45, 7) is 1.13. The number of likely N-dealkylation sites (N-methyl/N-ethyl adjacent to an activating group) is 1. The molecule has 0 aliphatic rings. The summed E-state index contributed by atoms with van der Waals surface area (Å²) in [4.78, 5) is 25.5. The van der Waals surface area contributed by atoms with Crippen molar-refractivity contribution in [3.05, 3.63) is 58.6 Å². The summed E-state index contributed by atoms with van der Waals surface area (Å²) in [5.41, 5.74) is 0.709. The number of para-hydroxylation sites is 1. The van der Waals surface area contributed by atoms with E-state index < -0.39 is 12.1 Å². The number of halogens is 2. The topological polar surface area (TPSA) is 55.8 Å². The number of ether oxygens (including phenoxy) is 2. The molecule has 0 saturated heterocycles. The van der Waals surface area contributed by atoms with Gasteiger partial charge in [0.15, 0.2) is 12.7 Å². The van der Waals surface area contributed by atoms with E-state index in [1.807, 2.05) is 18.2 Å². The first-order valence-electron chi connectivity index (χ1n) is 7.48. The molecule has 0 N–H and O–H groups in total. The van der Waals surface area contributed by atoms with Crippen LogP contribution in [0, 0.1) is 0 Å². The van der Waals surface area contributed by atoms with E-state index in [9.17, 15) is 9.59 Å². The predicted molar refractivity (Wildman–Crippen MR) is 97.4 cm³/mol. The number of rotatable bonds is 6. The molecule has 0 aromatic heterocycles. The van der Waals surface area contributed by atoms with Crippen LogP contribution in [-0.2, 0) is 14.3 Å². The molecule has 132 valence electrons. The number of hydrogen-bond acceptors (Lipinski definition) is 4. The van der Waals surface area contributed by atoms with Gasteiger partial charge in [0.05, 0.1) is 5.02 Å². The van der Waals surface area contributed by atoms with E-state index in [1.165, 1.54) is 17.9 Å². The molecule has 2 aromatic rings. The molecule has 2 aromatic carbocycles. The number of anilines is 1. The van der Waals surface area contributed by atoms with E-state index in [0.717, 1.165) is 0 Å². The van der Waals surface area contributed by atoms with Crippen LogP contribution in [0.1, 0.15) is 6.92 Å². The zero-order chi connectivity index (χ0) is 18.4. The zero-order valence-corrected chi connectivity index (χ0v) is 15.3. The molecule has 2 rings (SSSR count). The van der Waals surface area contributed by atoms with Crippen LogP contribution in [-0.4, -0.2) is 31.6 Å². The zero-order valence-electron chi connectivity index (χ0n) is 13.7. The first-order chi connectivity index (χ1) is 11.9. The highest BCUT2D eigenvalue weighted by Crippen LogP contribution is 2.28.